The number of anilines is 1. The van der Waals surface area contributed by atoms with Crippen molar-refractivity contribution in [1.82, 2.24) is 5.32 Å². The van der Waals surface area contributed by atoms with E-state index in [9.17, 15) is 14.4 Å². The number of aryl methyl sites for hydroxylation is 1. The zero-order chi connectivity index (χ0) is 19.1. The van der Waals surface area contributed by atoms with Gasteiger partial charge in [-0.1, -0.05) is 18.7 Å². The van der Waals surface area contributed by atoms with E-state index in [4.69, 9.17) is 4.74 Å². The number of ether oxygens (including phenoxy) is 1. The van der Waals surface area contributed by atoms with Crippen LogP contribution in [0.25, 0.3) is 0 Å². The molecule has 1 aromatic carbocycles. The summed E-state index contributed by atoms with van der Waals surface area (Å²) in [4.78, 5) is 35.8. The van der Waals surface area contributed by atoms with E-state index in [0.29, 0.717) is 28.6 Å². The number of nitrogens with one attached hydrogen (secondary N) is 2. The van der Waals surface area contributed by atoms with Gasteiger partial charge in [0.15, 0.2) is 0 Å². The van der Waals surface area contributed by atoms with Crippen LogP contribution in [0.5, 0.6) is 0 Å². The van der Waals surface area contributed by atoms with Crippen molar-refractivity contribution >= 4 is 34.1 Å². The van der Waals surface area contributed by atoms with E-state index in [1.807, 2.05) is 0 Å². The normalized spacial score (nSPS) is 10.1. The van der Waals surface area contributed by atoms with E-state index in [0.717, 1.165) is 11.1 Å². The first-order valence-corrected chi connectivity index (χ1v) is 8.84. The Labute approximate surface area is 155 Å². The van der Waals surface area contributed by atoms with Gasteiger partial charge in [0.2, 0.25) is 5.91 Å². The van der Waals surface area contributed by atoms with Gasteiger partial charge in [0.1, 0.15) is 4.88 Å². The molecule has 136 valence electrons. The summed E-state index contributed by atoms with van der Waals surface area (Å²) in [6, 6.07) is 8.63. The first-order chi connectivity index (χ1) is 12.4. The molecule has 2 aromatic rings. The first kappa shape index (κ1) is 19.4. The Balaban J connectivity index is 2.01. The number of carbonyl (C=O) groups is 3. The highest BCUT2D eigenvalue weighted by Crippen LogP contribution is 2.27. The van der Waals surface area contributed by atoms with Gasteiger partial charge in [-0.25, -0.2) is 4.79 Å². The predicted molar refractivity (Wildman–Crippen MR) is 101 cm³/mol. The molecule has 0 aliphatic rings. The Kier molecular flexibility index (Phi) is 6.68. The van der Waals surface area contributed by atoms with Crippen molar-refractivity contribution in [2.45, 2.75) is 20.4 Å². The molecule has 0 aliphatic heterocycles. The highest BCUT2D eigenvalue weighted by atomic mass is 32.1. The third-order valence-corrected chi connectivity index (χ3v) is 4.62. The Morgan fingerprint density at radius 1 is 1.23 bits per heavy atom. The van der Waals surface area contributed by atoms with Gasteiger partial charge < -0.3 is 15.4 Å². The topological polar surface area (TPSA) is 84.5 Å². The standard InChI is InChI=1S/C19H20N2O4S/c1-4-15(22)20-11-13-6-8-14(9-7-13)18(23)21-16-10-12(3)17(26-16)19(24)25-5-2/h4,6-10H,1,5,11H2,2-3H3,(H,20,22)(H,21,23). The van der Waals surface area contributed by atoms with Crippen molar-refractivity contribution in [1.29, 1.82) is 0 Å². The smallest absolute Gasteiger partial charge is 0.348 e. The molecule has 0 aliphatic carbocycles. The molecular weight excluding hydrogens is 352 g/mol. The number of hydrogen-bond donors (Lipinski definition) is 2. The lowest BCUT2D eigenvalue weighted by Crippen LogP contribution is -2.20. The average Bonchev–Trinajstić information content (AvgIpc) is 3.00. The molecule has 0 fully saturated rings. The number of rotatable bonds is 7. The van der Waals surface area contributed by atoms with E-state index < -0.39 is 0 Å². The molecule has 1 aromatic heterocycles. The molecular formula is C19H20N2O4S. The van der Waals surface area contributed by atoms with Crippen LogP contribution in [0.3, 0.4) is 0 Å². The summed E-state index contributed by atoms with van der Waals surface area (Å²) in [5, 5.41) is 6.03. The zero-order valence-corrected chi connectivity index (χ0v) is 15.4. The van der Waals surface area contributed by atoms with E-state index in [1.54, 1.807) is 44.2 Å². The van der Waals surface area contributed by atoms with E-state index in [1.165, 1.54) is 17.4 Å². The van der Waals surface area contributed by atoms with Gasteiger partial charge in [-0.05, 0) is 49.2 Å². The van der Waals surface area contributed by atoms with Crippen LogP contribution in [0.15, 0.2) is 43.0 Å². The first-order valence-electron chi connectivity index (χ1n) is 8.02. The maximum Gasteiger partial charge on any atom is 0.348 e. The van der Waals surface area contributed by atoms with Gasteiger partial charge in [-0.3, -0.25) is 9.59 Å². The summed E-state index contributed by atoms with van der Waals surface area (Å²) in [7, 11) is 0. The van der Waals surface area contributed by atoms with Crippen molar-refractivity contribution in [3.8, 4) is 0 Å². The van der Waals surface area contributed by atoms with Crippen LogP contribution in [0.2, 0.25) is 0 Å². The fraction of sp³-hybridized carbons (Fsp3) is 0.211. The molecule has 7 heteroatoms. The molecule has 0 radical (unpaired) electrons. The minimum Gasteiger partial charge on any atom is -0.462 e. The SMILES string of the molecule is C=CC(=O)NCc1ccc(C(=O)Nc2cc(C)c(C(=O)OCC)s2)cc1. The number of benzene rings is 1. The molecule has 0 spiro atoms. The Morgan fingerprint density at radius 3 is 2.54 bits per heavy atom. The van der Waals surface area contributed by atoms with E-state index >= 15 is 0 Å². The second kappa shape index (κ2) is 8.96. The lowest BCUT2D eigenvalue weighted by Gasteiger charge is -2.05. The van der Waals surface area contributed by atoms with Gasteiger partial charge in [-0.15, -0.1) is 11.3 Å². The van der Waals surface area contributed by atoms with Crippen LogP contribution in [-0.2, 0) is 16.1 Å². The summed E-state index contributed by atoms with van der Waals surface area (Å²) in [5.41, 5.74) is 2.11. The van der Waals surface area contributed by atoms with Gasteiger partial charge in [0, 0.05) is 12.1 Å². The average molecular weight is 372 g/mol. The quantitative estimate of drug-likeness (QED) is 0.577. The highest BCUT2D eigenvalue weighted by Gasteiger charge is 2.16. The third-order valence-electron chi connectivity index (χ3n) is 3.48. The molecule has 0 bridgehead atoms. The fourth-order valence-corrected chi connectivity index (χ4v) is 3.12. The van der Waals surface area contributed by atoms with Crippen molar-refractivity contribution in [3.05, 3.63) is 64.6 Å². The molecule has 2 rings (SSSR count). The second-order valence-corrected chi connectivity index (χ2v) is 6.47. The van der Waals surface area contributed by atoms with Crippen molar-refractivity contribution < 1.29 is 19.1 Å². The van der Waals surface area contributed by atoms with Crippen LogP contribution < -0.4 is 10.6 Å². The minimum absolute atomic E-state index is 0.253. The van der Waals surface area contributed by atoms with E-state index in [2.05, 4.69) is 17.2 Å². The van der Waals surface area contributed by atoms with Crippen molar-refractivity contribution in [2.24, 2.45) is 0 Å². The summed E-state index contributed by atoms with van der Waals surface area (Å²) in [6.07, 6.45) is 1.20. The molecule has 1 heterocycles. The summed E-state index contributed by atoms with van der Waals surface area (Å²) in [5.74, 6) is -0.915. The molecule has 2 N–H and O–H groups in total. The van der Waals surface area contributed by atoms with E-state index in [-0.39, 0.29) is 17.8 Å². The largest absolute Gasteiger partial charge is 0.462 e. The number of carbonyl (C=O) groups excluding carboxylic acids is 3. The molecule has 26 heavy (non-hydrogen) atoms. The molecule has 0 saturated carbocycles. The molecule has 6 nitrogen and oxygen atoms in total. The Morgan fingerprint density at radius 2 is 1.92 bits per heavy atom. The highest BCUT2D eigenvalue weighted by molar-refractivity contribution is 7.18. The zero-order valence-electron chi connectivity index (χ0n) is 14.6. The minimum atomic E-state index is -0.388. The predicted octanol–water partition coefficient (Wildman–Crippen LogP) is 3.29. The number of thiophene rings is 1. The monoisotopic (exact) mass is 372 g/mol. The number of hydrogen-bond acceptors (Lipinski definition) is 5. The molecule has 0 atom stereocenters. The Hall–Kier alpha value is -2.93. The second-order valence-electron chi connectivity index (χ2n) is 5.42. The van der Waals surface area contributed by atoms with Crippen LogP contribution in [0.4, 0.5) is 5.00 Å². The van der Waals surface area contributed by atoms with Crippen LogP contribution >= 0.6 is 11.3 Å². The van der Waals surface area contributed by atoms with Crippen LogP contribution in [0.1, 0.15) is 38.1 Å². The maximum atomic E-state index is 12.4. The molecule has 2 amide bonds. The number of amides is 2. The Bertz CT molecular complexity index is 825. The lowest BCUT2D eigenvalue weighted by molar-refractivity contribution is -0.116. The number of esters is 1. The maximum absolute atomic E-state index is 12.4. The van der Waals surface area contributed by atoms with Gasteiger partial charge in [-0.2, -0.15) is 0 Å². The van der Waals surface area contributed by atoms with Gasteiger partial charge in [0.05, 0.1) is 11.6 Å². The van der Waals surface area contributed by atoms with Crippen molar-refractivity contribution in [2.75, 3.05) is 11.9 Å². The van der Waals surface area contributed by atoms with Gasteiger partial charge >= 0.3 is 5.97 Å². The van der Waals surface area contributed by atoms with Crippen LogP contribution in [-0.4, -0.2) is 24.4 Å². The lowest BCUT2D eigenvalue weighted by atomic mass is 10.1. The fourth-order valence-electron chi connectivity index (χ4n) is 2.16. The molecule has 0 unspecified atom stereocenters. The summed E-state index contributed by atoms with van der Waals surface area (Å²) >= 11 is 1.18. The molecule has 0 saturated heterocycles. The van der Waals surface area contributed by atoms with Crippen molar-refractivity contribution in [3.63, 3.8) is 0 Å². The summed E-state index contributed by atoms with van der Waals surface area (Å²) in [6.45, 7) is 7.59. The third kappa shape index (κ3) is 5.03. The summed E-state index contributed by atoms with van der Waals surface area (Å²) < 4.78 is 5.00. The van der Waals surface area contributed by atoms with Gasteiger partial charge in [0.25, 0.3) is 5.91 Å². The van der Waals surface area contributed by atoms with Crippen LogP contribution in [0, 0.1) is 6.92 Å².